The van der Waals surface area contributed by atoms with E-state index in [9.17, 15) is 4.79 Å². The van der Waals surface area contributed by atoms with Gasteiger partial charge in [-0.15, -0.1) is 0 Å². The molecule has 2 unspecified atom stereocenters. The highest BCUT2D eigenvalue weighted by atomic mass is 16.1. The van der Waals surface area contributed by atoms with E-state index in [1.807, 2.05) is 48.3 Å². The Bertz CT molecular complexity index is 957. The van der Waals surface area contributed by atoms with Crippen molar-refractivity contribution in [3.63, 3.8) is 0 Å². The molecule has 0 saturated carbocycles. The lowest BCUT2D eigenvalue weighted by molar-refractivity contribution is -0.120. The summed E-state index contributed by atoms with van der Waals surface area (Å²) in [5.41, 5.74) is 3.20. The molecule has 6 heteroatoms. The normalized spacial score (nSPS) is 13.8. The van der Waals surface area contributed by atoms with Crippen molar-refractivity contribution in [3.05, 3.63) is 48.4 Å². The van der Waals surface area contributed by atoms with Gasteiger partial charge in [-0.2, -0.15) is 5.10 Å². The lowest BCUT2D eigenvalue weighted by atomic mass is 9.91. The van der Waals surface area contributed by atoms with Crippen LogP contribution in [0.5, 0.6) is 0 Å². The lowest BCUT2D eigenvalue weighted by Crippen LogP contribution is -2.29. The number of aromatic nitrogens is 3. The minimum absolute atomic E-state index is 0.0374. The Hall–Kier alpha value is -2.60. The summed E-state index contributed by atoms with van der Waals surface area (Å²) in [4.78, 5) is 18.2. The first-order chi connectivity index (χ1) is 14.3. The van der Waals surface area contributed by atoms with Crippen LogP contribution in [-0.2, 0) is 11.2 Å². The predicted octanol–water partition coefficient (Wildman–Crippen LogP) is 4.72. The number of likely N-dealkylation sites (N-methyl/N-ethyl adjacent to an activating group) is 1. The molecule has 3 aromatic rings. The van der Waals surface area contributed by atoms with Crippen LogP contribution in [-0.4, -0.2) is 45.7 Å². The Morgan fingerprint density at radius 1 is 1.20 bits per heavy atom. The van der Waals surface area contributed by atoms with Crippen molar-refractivity contribution in [1.29, 1.82) is 0 Å². The van der Waals surface area contributed by atoms with Crippen LogP contribution in [0.2, 0.25) is 0 Å². The molecular formula is C24H35N5O. The van der Waals surface area contributed by atoms with Gasteiger partial charge < -0.3 is 15.2 Å². The maximum Gasteiger partial charge on any atom is 0.227 e. The van der Waals surface area contributed by atoms with Gasteiger partial charge in [-0.05, 0) is 76.0 Å². The first-order valence-electron chi connectivity index (χ1n) is 10.9. The van der Waals surface area contributed by atoms with Gasteiger partial charge in [0.2, 0.25) is 5.91 Å². The fraction of sp³-hybridized carbons (Fsp3) is 0.500. The number of carbonyl (C=O) groups is 1. The topological polar surface area (TPSA) is 66.0 Å². The zero-order chi connectivity index (χ0) is 21.7. The molecule has 0 aliphatic carbocycles. The van der Waals surface area contributed by atoms with Gasteiger partial charge in [-0.3, -0.25) is 9.48 Å². The number of anilines is 1. The molecule has 0 spiro atoms. The number of nitrogens with one attached hydrogen (secondary N) is 2. The standard InChI is InChI=1S/C24H35N5O/c1-17(2)29-16-20(15-26-29)10-13-28(5)12-9-18(3)19(4)24(30)27-22-6-7-23-21(14-22)8-11-25-23/h6-8,11,14-19,25H,9-10,12-13H2,1-5H3,(H,27,30). The minimum Gasteiger partial charge on any atom is -0.361 e. The number of nitrogens with zero attached hydrogens (tertiary/aromatic N) is 3. The van der Waals surface area contributed by atoms with E-state index >= 15 is 0 Å². The first-order valence-corrected chi connectivity index (χ1v) is 10.9. The van der Waals surface area contributed by atoms with Crippen molar-refractivity contribution in [1.82, 2.24) is 19.7 Å². The van der Waals surface area contributed by atoms with Gasteiger partial charge in [0.15, 0.2) is 0 Å². The molecule has 0 saturated heterocycles. The van der Waals surface area contributed by atoms with E-state index in [4.69, 9.17) is 0 Å². The number of carbonyl (C=O) groups excluding carboxylic acids is 1. The summed E-state index contributed by atoms with van der Waals surface area (Å²) in [5.74, 6) is 0.359. The number of hydrogen-bond acceptors (Lipinski definition) is 3. The van der Waals surface area contributed by atoms with E-state index < -0.39 is 0 Å². The molecular weight excluding hydrogens is 374 g/mol. The highest BCUT2D eigenvalue weighted by Crippen LogP contribution is 2.21. The van der Waals surface area contributed by atoms with Crippen molar-refractivity contribution in [2.24, 2.45) is 11.8 Å². The number of rotatable bonds is 10. The summed E-state index contributed by atoms with van der Waals surface area (Å²) in [6.45, 7) is 10.4. The molecule has 0 radical (unpaired) electrons. The van der Waals surface area contributed by atoms with Gasteiger partial charge in [0.25, 0.3) is 0 Å². The molecule has 0 aliphatic heterocycles. The van der Waals surface area contributed by atoms with Crippen LogP contribution in [0.4, 0.5) is 5.69 Å². The molecule has 2 aromatic heterocycles. The molecule has 0 bridgehead atoms. The molecule has 0 fully saturated rings. The van der Waals surface area contributed by atoms with Crippen LogP contribution in [0, 0.1) is 11.8 Å². The van der Waals surface area contributed by atoms with E-state index in [-0.39, 0.29) is 11.8 Å². The van der Waals surface area contributed by atoms with Crippen molar-refractivity contribution in [2.45, 2.75) is 46.6 Å². The van der Waals surface area contributed by atoms with Crippen LogP contribution in [0.1, 0.15) is 45.7 Å². The predicted molar refractivity (Wildman–Crippen MR) is 124 cm³/mol. The number of H-pyrrole nitrogens is 1. The average Bonchev–Trinajstić information content (AvgIpc) is 3.38. The number of benzene rings is 1. The Morgan fingerprint density at radius 3 is 2.73 bits per heavy atom. The largest absolute Gasteiger partial charge is 0.361 e. The van der Waals surface area contributed by atoms with Crippen molar-refractivity contribution >= 4 is 22.5 Å². The van der Waals surface area contributed by atoms with Crippen LogP contribution in [0.3, 0.4) is 0 Å². The molecule has 6 nitrogen and oxygen atoms in total. The van der Waals surface area contributed by atoms with E-state index in [0.29, 0.717) is 12.0 Å². The van der Waals surface area contributed by atoms with Crippen LogP contribution < -0.4 is 5.32 Å². The van der Waals surface area contributed by atoms with Crippen molar-refractivity contribution < 1.29 is 4.79 Å². The number of fused-ring (bicyclic) bond motifs is 1. The Morgan fingerprint density at radius 2 is 2.00 bits per heavy atom. The van der Waals surface area contributed by atoms with Crippen LogP contribution in [0.25, 0.3) is 10.9 Å². The summed E-state index contributed by atoms with van der Waals surface area (Å²) < 4.78 is 2.01. The van der Waals surface area contributed by atoms with Crippen LogP contribution >= 0.6 is 0 Å². The first kappa shape index (κ1) is 22.1. The van der Waals surface area contributed by atoms with E-state index in [2.05, 4.69) is 54.3 Å². The summed E-state index contributed by atoms with van der Waals surface area (Å²) in [6.07, 6.45) is 8.00. The lowest BCUT2D eigenvalue weighted by Gasteiger charge is -2.23. The van der Waals surface area contributed by atoms with Gasteiger partial charge in [0.1, 0.15) is 0 Å². The fourth-order valence-electron chi connectivity index (χ4n) is 3.54. The quantitative estimate of drug-likeness (QED) is 0.509. The zero-order valence-electron chi connectivity index (χ0n) is 18.9. The smallest absolute Gasteiger partial charge is 0.227 e. The second-order valence-corrected chi connectivity index (χ2v) is 8.80. The second kappa shape index (κ2) is 9.94. The zero-order valence-corrected chi connectivity index (χ0v) is 18.9. The van der Waals surface area contributed by atoms with Crippen LogP contribution in [0.15, 0.2) is 42.9 Å². The molecule has 2 N–H and O–H groups in total. The summed E-state index contributed by atoms with van der Waals surface area (Å²) in [5, 5.41) is 8.59. The molecule has 162 valence electrons. The molecule has 0 aliphatic rings. The average molecular weight is 410 g/mol. The molecule has 1 amide bonds. The summed E-state index contributed by atoms with van der Waals surface area (Å²) in [7, 11) is 2.15. The fourth-order valence-corrected chi connectivity index (χ4v) is 3.54. The molecule has 30 heavy (non-hydrogen) atoms. The van der Waals surface area contributed by atoms with Crippen molar-refractivity contribution in [3.8, 4) is 0 Å². The van der Waals surface area contributed by atoms with Gasteiger partial charge in [0.05, 0.1) is 6.20 Å². The summed E-state index contributed by atoms with van der Waals surface area (Å²) >= 11 is 0. The monoisotopic (exact) mass is 409 g/mol. The second-order valence-electron chi connectivity index (χ2n) is 8.80. The molecule has 1 aromatic carbocycles. The Balaban J connectivity index is 1.42. The highest BCUT2D eigenvalue weighted by Gasteiger charge is 2.20. The Labute approximate surface area is 179 Å². The number of aromatic amines is 1. The number of amides is 1. The third kappa shape index (κ3) is 5.72. The van der Waals surface area contributed by atoms with Gasteiger partial charge in [-0.25, -0.2) is 0 Å². The molecule has 2 atom stereocenters. The maximum atomic E-state index is 12.7. The van der Waals surface area contributed by atoms with E-state index in [1.54, 1.807) is 0 Å². The van der Waals surface area contributed by atoms with Gasteiger partial charge in [-0.1, -0.05) is 13.8 Å². The van der Waals surface area contributed by atoms with Crippen molar-refractivity contribution in [2.75, 3.05) is 25.5 Å². The number of hydrogen-bond donors (Lipinski definition) is 2. The van der Waals surface area contributed by atoms with E-state index in [0.717, 1.165) is 42.5 Å². The third-order valence-corrected chi connectivity index (χ3v) is 6.02. The maximum absolute atomic E-state index is 12.7. The van der Waals surface area contributed by atoms with Gasteiger partial charge in [0, 0.05) is 47.5 Å². The van der Waals surface area contributed by atoms with Gasteiger partial charge >= 0.3 is 0 Å². The Kier molecular flexibility index (Phi) is 7.32. The minimum atomic E-state index is -0.0374. The SMILES string of the molecule is CC(CCN(C)CCc1cnn(C(C)C)c1)C(C)C(=O)Nc1ccc2[nH]ccc2c1. The van der Waals surface area contributed by atoms with E-state index in [1.165, 1.54) is 5.56 Å². The third-order valence-electron chi connectivity index (χ3n) is 6.02. The molecule has 3 rings (SSSR count). The highest BCUT2D eigenvalue weighted by molar-refractivity contribution is 5.95. The molecule has 2 heterocycles. The summed E-state index contributed by atoms with van der Waals surface area (Å²) in [6, 6.07) is 8.37.